The molecule has 1 atom stereocenters. The lowest BCUT2D eigenvalue weighted by Crippen LogP contribution is -2.22. The number of aliphatic hydroxyl groups excluding tert-OH is 1. The van der Waals surface area contributed by atoms with Crippen LogP contribution in [0.2, 0.25) is 0 Å². The molecule has 8 nitrogen and oxygen atoms in total. The molecule has 168 valence electrons. The van der Waals surface area contributed by atoms with Crippen molar-refractivity contribution in [3.05, 3.63) is 94.4 Å². The third kappa shape index (κ3) is 5.61. The maximum Gasteiger partial charge on any atom is 0.255 e. The number of nitrogens with zero attached hydrogens (tertiary/aromatic N) is 4. The molecule has 0 aliphatic carbocycles. The molecule has 0 saturated heterocycles. The summed E-state index contributed by atoms with van der Waals surface area (Å²) in [6.45, 7) is 2.07. The molecular weight excluding hydrogens is 416 g/mol. The number of rotatable bonds is 8. The molecule has 0 bridgehead atoms. The van der Waals surface area contributed by atoms with E-state index in [0.29, 0.717) is 23.4 Å². The molecule has 2 aromatic carbocycles. The summed E-state index contributed by atoms with van der Waals surface area (Å²) in [5, 5.41) is 15.8. The average molecular weight is 443 g/mol. The molecular formula is C25H26N6O2. The van der Waals surface area contributed by atoms with Gasteiger partial charge in [-0.15, -0.1) is 0 Å². The van der Waals surface area contributed by atoms with Gasteiger partial charge in [0.25, 0.3) is 5.56 Å². The molecule has 0 spiro atoms. The van der Waals surface area contributed by atoms with Gasteiger partial charge < -0.3 is 15.7 Å². The summed E-state index contributed by atoms with van der Waals surface area (Å²) in [7, 11) is 1.66. The number of hydrogen-bond donors (Lipinski definition) is 3. The quantitative estimate of drug-likeness (QED) is 0.383. The zero-order chi connectivity index (χ0) is 23.2. The molecule has 2 heterocycles. The van der Waals surface area contributed by atoms with Gasteiger partial charge in [0.1, 0.15) is 5.82 Å². The fourth-order valence-corrected chi connectivity index (χ4v) is 3.50. The van der Waals surface area contributed by atoms with E-state index in [-0.39, 0.29) is 18.2 Å². The zero-order valence-electron chi connectivity index (χ0n) is 18.6. The number of benzene rings is 2. The Morgan fingerprint density at radius 3 is 2.58 bits per heavy atom. The lowest BCUT2D eigenvalue weighted by molar-refractivity contribution is 0.281. The van der Waals surface area contributed by atoms with Gasteiger partial charge in [0.15, 0.2) is 0 Å². The van der Waals surface area contributed by atoms with Crippen molar-refractivity contribution in [2.75, 3.05) is 10.6 Å². The molecule has 0 aliphatic rings. The Morgan fingerprint density at radius 1 is 1.00 bits per heavy atom. The highest BCUT2D eigenvalue weighted by atomic mass is 16.3. The summed E-state index contributed by atoms with van der Waals surface area (Å²) >= 11 is 0. The second-order valence-electron chi connectivity index (χ2n) is 7.85. The van der Waals surface area contributed by atoms with Crippen LogP contribution in [0.3, 0.4) is 0 Å². The highest BCUT2D eigenvalue weighted by molar-refractivity contribution is 5.61. The third-order valence-electron chi connectivity index (χ3n) is 5.19. The van der Waals surface area contributed by atoms with E-state index in [2.05, 4.69) is 25.6 Å². The van der Waals surface area contributed by atoms with Gasteiger partial charge in [0.05, 0.1) is 12.3 Å². The lowest BCUT2D eigenvalue weighted by Gasteiger charge is -2.15. The summed E-state index contributed by atoms with van der Waals surface area (Å²) in [5.41, 5.74) is 3.29. The standard InChI is InChI=1S/C25H26N6O2/c1-17(13-18-7-6-8-19(14-18)16-32)27-24-26-12-11-22(29-24)30-25-28-21(15-23(33)31(25)2)20-9-4-3-5-10-20/h3-12,14-15,17,32H,13,16H2,1-2H3,(H2,26,27,28,29,30). The van der Waals surface area contributed by atoms with Crippen LogP contribution in [0, 0.1) is 0 Å². The molecule has 0 aliphatic heterocycles. The van der Waals surface area contributed by atoms with Crippen molar-refractivity contribution < 1.29 is 5.11 Å². The number of nitrogens with one attached hydrogen (secondary N) is 2. The molecule has 4 rings (SSSR count). The second kappa shape index (κ2) is 10.1. The largest absolute Gasteiger partial charge is 0.392 e. The fourth-order valence-electron chi connectivity index (χ4n) is 3.50. The van der Waals surface area contributed by atoms with E-state index >= 15 is 0 Å². The zero-order valence-corrected chi connectivity index (χ0v) is 18.6. The minimum absolute atomic E-state index is 0.0223. The average Bonchev–Trinajstić information content (AvgIpc) is 2.82. The van der Waals surface area contributed by atoms with Crippen LogP contribution in [0.15, 0.2) is 77.7 Å². The van der Waals surface area contributed by atoms with Gasteiger partial charge in [0.2, 0.25) is 11.9 Å². The second-order valence-corrected chi connectivity index (χ2v) is 7.85. The van der Waals surface area contributed by atoms with Crippen LogP contribution in [0.1, 0.15) is 18.1 Å². The number of hydrogen-bond acceptors (Lipinski definition) is 7. The summed E-state index contributed by atoms with van der Waals surface area (Å²) in [6.07, 6.45) is 2.40. The molecule has 0 amide bonds. The maximum absolute atomic E-state index is 12.5. The Balaban J connectivity index is 1.50. The van der Waals surface area contributed by atoms with Crippen LogP contribution < -0.4 is 16.2 Å². The predicted octanol–water partition coefficient (Wildman–Crippen LogP) is 3.52. The number of aromatic nitrogens is 4. The third-order valence-corrected chi connectivity index (χ3v) is 5.19. The topological polar surface area (TPSA) is 105 Å². The Kier molecular flexibility index (Phi) is 6.75. The van der Waals surface area contributed by atoms with E-state index in [1.54, 1.807) is 19.3 Å². The first-order chi connectivity index (χ1) is 16.0. The molecule has 2 aromatic heterocycles. The van der Waals surface area contributed by atoms with Crippen molar-refractivity contribution >= 4 is 17.7 Å². The smallest absolute Gasteiger partial charge is 0.255 e. The van der Waals surface area contributed by atoms with Gasteiger partial charge in [-0.2, -0.15) is 4.98 Å². The van der Waals surface area contributed by atoms with Crippen molar-refractivity contribution in [1.29, 1.82) is 0 Å². The SMILES string of the molecule is CC(Cc1cccc(CO)c1)Nc1nccc(Nc2nc(-c3ccccc3)cc(=O)n2C)n1. The first-order valence-electron chi connectivity index (χ1n) is 10.7. The normalized spacial score (nSPS) is 11.7. The Labute approximate surface area is 192 Å². The summed E-state index contributed by atoms with van der Waals surface area (Å²) < 4.78 is 1.44. The van der Waals surface area contributed by atoms with Gasteiger partial charge in [-0.3, -0.25) is 9.36 Å². The van der Waals surface area contributed by atoms with Crippen molar-refractivity contribution in [2.24, 2.45) is 7.05 Å². The molecule has 8 heteroatoms. The van der Waals surface area contributed by atoms with Crippen LogP contribution in [-0.2, 0) is 20.1 Å². The fraction of sp³-hybridized carbons (Fsp3) is 0.200. The van der Waals surface area contributed by atoms with E-state index in [1.807, 2.05) is 61.5 Å². The van der Waals surface area contributed by atoms with Crippen LogP contribution in [0.25, 0.3) is 11.3 Å². The molecule has 4 aromatic rings. The van der Waals surface area contributed by atoms with Crippen LogP contribution in [0.5, 0.6) is 0 Å². The van der Waals surface area contributed by atoms with Gasteiger partial charge >= 0.3 is 0 Å². The van der Waals surface area contributed by atoms with Crippen LogP contribution in [0.4, 0.5) is 17.7 Å². The van der Waals surface area contributed by atoms with Crippen LogP contribution >= 0.6 is 0 Å². The Bertz CT molecular complexity index is 1290. The predicted molar refractivity (Wildman–Crippen MR) is 129 cm³/mol. The lowest BCUT2D eigenvalue weighted by atomic mass is 10.0. The molecule has 3 N–H and O–H groups in total. The monoisotopic (exact) mass is 442 g/mol. The van der Waals surface area contributed by atoms with E-state index < -0.39 is 0 Å². The molecule has 0 radical (unpaired) electrons. The van der Waals surface area contributed by atoms with Gasteiger partial charge in [-0.25, -0.2) is 9.97 Å². The first kappa shape index (κ1) is 22.2. The van der Waals surface area contributed by atoms with Crippen molar-refractivity contribution in [3.8, 4) is 11.3 Å². The Morgan fingerprint density at radius 2 is 1.79 bits per heavy atom. The molecule has 1 unspecified atom stereocenters. The maximum atomic E-state index is 12.5. The summed E-state index contributed by atoms with van der Waals surface area (Å²) in [5.74, 6) is 1.38. The van der Waals surface area contributed by atoms with E-state index in [9.17, 15) is 9.90 Å². The minimum atomic E-state index is -0.169. The van der Waals surface area contributed by atoms with E-state index in [4.69, 9.17) is 0 Å². The Hall–Kier alpha value is -4.04. The van der Waals surface area contributed by atoms with Crippen LogP contribution in [-0.4, -0.2) is 30.7 Å². The molecule has 33 heavy (non-hydrogen) atoms. The highest BCUT2D eigenvalue weighted by Crippen LogP contribution is 2.19. The van der Waals surface area contributed by atoms with Gasteiger partial charge in [-0.1, -0.05) is 54.6 Å². The molecule has 0 saturated carbocycles. The van der Waals surface area contributed by atoms with E-state index in [1.165, 1.54) is 10.6 Å². The highest BCUT2D eigenvalue weighted by Gasteiger charge is 2.11. The number of aliphatic hydroxyl groups is 1. The minimum Gasteiger partial charge on any atom is -0.392 e. The van der Waals surface area contributed by atoms with E-state index in [0.717, 1.165) is 23.1 Å². The van der Waals surface area contributed by atoms with Crippen molar-refractivity contribution in [1.82, 2.24) is 19.5 Å². The van der Waals surface area contributed by atoms with Gasteiger partial charge in [-0.05, 0) is 30.5 Å². The summed E-state index contributed by atoms with van der Waals surface area (Å²) in [4.78, 5) is 25.9. The first-order valence-corrected chi connectivity index (χ1v) is 10.7. The van der Waals surface area contributed by atoms with Crippen molar-refractivity contribution in [2.45, 2.75) is 26.0 Å². The number of anilines is 3. The summed E-state index contributed by atoms with van der Waals surface area (Å²) in [6, 6.07) is 20.7. The van der Waals surface area contributed by atoms with Crippen molar-refractivity contribution in [3.63, 3.8) is 0 Å². The van der Waals surface area contributed by atoms with Gasteiger partial charge in [0, 0.05) is 30.9 Å². The molecule has 0 fully saturated rings.